The Kier molecular flexibility index (Phi) is 4.79. The maximum atomic E-state index is 12.3. The summed E-state index contributed by atoms with van der Waals surface area (Å²) in [6.07, 6.45) is 0. The molecular weight excluding hydrogens is 320 g/mol. The topological polar surface area (TPSA) is 72.6 Å². The number of fused-ring (bicyclic) bond motifs is 1. The molecule has 2 aromatic carbocycles. The molecule has 25 heavy (non-hydrogen) atoms. The van der Waals surface area contributed by atoms with E-state index in [1.165, 1.54) is 0 Å². The lowest BCUT2D eigenvalue weighted by Gasteiger charge is -2.12. The molecule has 0 amide bonds. The molecule has 0 bridgehead atoms. The Labute approximate surface area is 145 Å². The van der Waals surface area contributed by atoms with E-state index in [4.69, 9.17) is 14.2 Å². The van der Waals surface area contributed by atoms with Gasteiger partial charge in [-0.2, -0.15) is 0 Å². The summed E-state index contributed by atoms with van der Waals surface area (Å²) in [4.78, 5) is 15.2. The number of pyridine rings is 1. The smallest absolute Gasteiger partial charge is 0.253 e. The van der Waals surface area contributed by atoms with Crippen molar-refractivity contribution < 1.29 is 14.2 Å². The summed E-state index contributed by atoms with van der Waals surface area (Å²) in [5.74, 6) is 2.07. The average Bonchev–Trinajstić information content (AvgIpc) is 2.65. The summed E-state index contributed by atoms with van der Waals surface area (Å²) in [5, 5.41) is 4.18. The third-order valence-electron chi connectivity index (χ3n) is 4.01. The highest BCUT2D eigenvalue weighted by Gasteiger charge is 2.08. The minimum absolute atomic E-state index is 0.138. The molecule has 1 heterocycles. The largest absolute Gasteiger partial charge is 0.497 e. The van der Waals surface area contributed by atoms with E-state index in [1.807, 2.05) is 30.3 Å². The van der Waals surface area contributed by atoms with Gasteiger partial charge in [-0.25, -0.2) is 0 Å². The van der Waals surface area contributed by atoms with Crippen LogP contribution in [0.2, 0.25) is 0 Å². The Bertz CT molecular complexity index is 950. The number of benzene rings is 2. The number of anilines is 1. The van der Waals surface area contributed by atoms with E-state index in [9.17, 15) is 4.79 Å². The molecule has 6 heteroatoms. The molecular formula is C19H20N2O4. The van der Waals surface area contributed by atoms with Crippen LogP contribution in [0.25, 0.3) is 10.9 Å². The van der Waals surface area contributed by atoms with Crippen LogP contribution in [-0.2, 0) is 6.54 Å². The standard InChI is InChI=1S/C19H20N2O4/c1-23-14-5-4-12-8-13(19(22)21-17(12)9-14)11-20-16-7-6-15(24-2)10-18(16)25-3/h4-10,20H,11H2,1-3H3,(H,21,22). The fourth-order valence-electron chi connectivity index (χ4n) is 2.62. The van der Waals surface area contributed by atoms with Gasteiger partial charge in [-0.1, -0.05) is 0 Å². The van der Waals surface area contributed by atoms with Crippen molar-refractivity contribution in [3.63, 3.8) is 0 Å². The molecule has 3 aromatic rings. The molecule has 0 aliphatic heterocycles. The van der Waals surface area contributed by atoms with E-state index in [0.29, 0.717) is 29.4 Å². The fraction of sp³-hybridized carbons (Fsp3) is 0.211. The zero-order chi connectivity index (χ0) is 17.8. The number of nitrogens with one attached hydrogen (secondary N) is 2. The lowest BCUT2D eigenvalue weighted by atomic mass is 10.1. The van der Waals surface area contributed by atoms with Crippen LogP contribution in [0, 0.1) is 0 Å². The van der Waals surface area contributed by atoms with Crippen LogP contribution in [0.15, 0.2) is 47.3 Å². The van der Waals surface area contributed by atoms with Gasteiger partial charge in [-0.05, 0) is 35.7 Å². The van der Waals surface area contributed by atoms with Gasteiger partial charge in [-0.15, -0.1) is 0 Å². The van der Waals surface area contributed by atoms with E-state index in [0.717, 1.165) is 16.6 Å². The van der Waals surface area contributed by atoms with Gasteiger partial charge in [-0.3, -0.25) is 4.79 Å². The number of aromatic nitrogens is 1. The molecule has 3 rings (SSSR count). The maximum Gasteiger partial charge on any atom is 0.253 e. The zero-order valence-corrected chi connectivity index (χ0v) is 14.4. The monoisotopic (exact) mass is 340 g/mol. The lowest BCUT2D eigenvalue weighted by molar-refractivity contribution is 0.395. The molecule has 0 saturated carbocycles. The predicted octanol–water partition coefficient (Wildman–Crippen LogP) is 3.17. The molecule has 0 unspecified atom stereocenters. The van der Waals surface area contributed by atoms with Crippen molar-refractivity contribution in [2.24, 2.45) is 0 Å². The number of H-pyrrole nitrogens is 1. The molecule has 2 N–H and O–H groups in total. The molecule has 0 aliphatic rings. The van der Waals surface area contributed by atoms with E-state index < -0.39 is 0 Å². The highest BCUT2D eigenvalue weighted by atomic mass is 16.5. The quantitative estimate of drug-likeness (QED) is 0.721. The Morgan fingerprint density at radius 1 is 0.920 bits per heavy atom. The van der Waals surface area contributed by atoms with Crippen molar-refractivity contribution in [1.82, 2.24) is 4.98 Å². The normalized spacial score (nSPS) is 10.5. The molecule has 0 spiro atoms. The first kappa shape index (κ1) is 16.7. The second kappa shape index (κ2) is 7.17. The van der Waals surface area contributed by atoms with Gasteiger partial charge in [0.1, 0.15) is 17.2 Å². The number of rotatable bonds is 6. The first-order valence-corrected chi connectivity index (χ1v) is 7.80. The zero-order valence-electron chi connectivity index (χ0n) is 14.4. The highest BCUT2D eigenvalue weighted by Crippen LogP contribution is 2.29. The second-order valence-corrected chi connectivity index (χ2v) is 5.50. The summed E-state index contributed by atoms with van der Waals surface area (Å²) in [6.45, 7) is 0.375. The van der Waals surface area contributed by atoms with Gasteiger partial charge in [0, 0.05) is 24.2 Å². The van der Waals surface area contributed by atoms with Crippen LogP contribution in [0.1, 0.15) is 5.56 Å². The van der Waals surface area contributed by atoms with Crippen LogP contribution in [-0.4, -0.2) is 26.3 Å². The van der Waals surface area contributed by atoms with Crippen LogP contribution in [0.3, 0.4) is 0 Å². The third kappa shape index (κ3) is 3.52. The van der Waals surface area contributed by atoms with Crippen LogP contribution >= 0.6 is 0 Å². The Morgan fingerprint density at radius 3 is 2.36 bits per heavy atom. The molecule has 1 aromatic heterocycles. The van der Waals surface area contributed by atoms with Crippen LogP contribution in [0.4, 0.5) is 5.69 Å². The van der Waals surface area contributed by atoms with Crippen LogP contribution < -0.4 is 25.1 Å². The van der Waals surface area contributed by atoms with E-state index in [2.05, 4.69) is 10.3 Å². The molecule has 0 fully saturated rings. The number of ether oxygens (including phenoxy) is 3. The second-order valence-electron chi connectivity index (χ2n) is 5.50. The van der Waals surface area contributed by atoms with E-state index in [1.54, 1.807) is 33.5 Å². The number of methoxy groups -OCH3 is 3. The van der Waals surface area contributed by atoms with Gasteiger partial charge in [0.25, 0.3) is 5.56 Å². The highest BCUT2D eigenvalue weighted by molar-refractivity contribution is 5.80. The minimum atomic E-state index is -0.138. The van der Waals surface area contributed by atoms with Crippen molar-refractivity contribution in [1.29, 1.82) is 0 Å². The van der Waals surface area contributed by atoms with Crippen molar-refractivity contribution in [2.75, 3.05) is 26.6 Å². The molecule has 0 radical (unpaired) electrons. The van der Waals surface area contributed by atoms with E-state index in [-0.39, 0.29) is 5.56 Å². The number of aromatic amines is 1. The van der Waals surface area contributed by atoms with E-state index >= 15 is 0 Å². The van der Waals surface area contributed by atoms with Crippen LogP contribution in [0.5, 0.6) is 17.2 Å². The Morgan fingerprint density at radius 2 is 1.64 bits per heavy atom. The molecule has 130 valence electrons. The predicted molar refractivity (Wildman–Crippen MR) is 98.0 cm³/mol. The van der Waals surface area contributed by atoms with Crippen molar-refractivity contribution >= 4 is 16.6 Å². The summed E-state index contributed by atoms with van der Waals surface area (Å²) in [5.41, 5.74) is 2.03. The first-order valence-electron chi connectivity index (χ1n) is 7.80. The lowest BCUT2D eigenvalue weighted by Crippen LogP contribution is -2.15. The Balaban J connectivity index is 1.86. The van der Waals surface area contributed by atoms with Gasteiger partial charge < -0.3 is 24.5 Å². The summed E-state index contributed by atoms with van der Waals surface area (Å²) in [7, 11) is 4.79. The van der Waals surface area contributed by atoms with Gasteiger partial charge in [0.2, 0.25) is 0 Å². The minimum Gasteiger partial charge on any atom is -0.497 e. The summed E-state index contributed by atoms with van der Waals surface area (Å²) >= 11 is 0. The number of hydrogen-bond donors (Lipinski definition) is 2. The third-order valence-corrected chi connectivity index (χ3v) is 4.01. The molecule has 0 atom stereocenters. The van der Waals surface area contributed by atoms with Gasteiger partial charge in [0.15, 0.2) is 0 Å². The SMILES string of the molecule is COc1ccc(NCc2cc3ccc(OC)cc3[nH]c2=O)c(OC)c1. The average molecular weight is 340 g/mol. The van der Waals surface area contributed by atoms with Crippen molar-refractivity contribution in [3.8, 4) is 17.2 Å². The summed E-state index contributed by atoms with van der Waals surface area (Å²) in [6, 6.07) is 12.9. The first-order chi connectivity index (χ1) is 12.1. The molecule has 0 saturated heterocycles. The molecule has 6 nitrogen and oxygen atoms in total. The van der Waals surface area contributed by atoms with Gasteiger partial charge >= 0.3 is 0 Å². The Hall–Kier alpha value is -3.15. The number of hydrogen-bond acceptors (Lipinski definition) is 5. The maximum absolute atomic E-state index is 12.3. The fourth-order valence-corrected chi connectivity index (χ4v) is 2.62. The van der Waals surface area contributed by atoms with Crippen molar-refractivity contribution in [3.05, 3.63) is 58.4 Å². The van der Waals surface area contributed by atoms with Gasteiger partial charge in [0.05, 0.1) is 32.5 Å². The molecule has 0 aliphatic carbocycles. The van der Waals surface area contributed by atoms with Crippen molar-refractivity contribution in [2.45, 2.75) is 6.54 Å². The summed E-state index contributed by atoms with van der Waals surface area (Å²) < 4.78 is 15.7.